The molecule has 2 N–H and O–H groups in total. The van der Waals surface area contributed by atoms with Gasteiger partial charge in [-0.15, -0.1) is 0 Å². The Hall–Kier alpha value is -3.58. The van der Waals surface area contributed by atoms with Crippen LogP contribution in [0.3, 0.4) is 0 Å². The van der Waals surface area contributed by atoms with Crippen LogP contribution in [0.1, 0.15) is 0 Å². The molecular weight excluding hydrogens is 326 g/mol. The summed E-state index contributed by atoms with van der Waals surface area (Å²) in [5.41, 5.74) is 11.4. The molecule has 127 valence electrons. The van der Waals surface area contributed by atoms with Crippen LogP contribution in [0.4, 0.5) is 5.69 Å². The Kier molecular flexibility index (Phi) is 3.65. The highest BCUT2D eigenvalue weighted by molar-refractivity contribution is 6.05. The second-order valence-corrected chi connectivity index (χ2v) is 6.81. The molecule has 1 heteroatoms. The Morgan fingerprint density at radius 2 is 1.37 bits per heavy atom. The molecule has 1 radical (unpaired) electrons. The molecule has 0 atom stereocenters. The van der Waals surface area contributed by atoms with Gasteiger partial charge in [-0.2, -0.15) is 0 Å². The summed E-state index contributed by atoms with van der Waals surface area (Å²) < 4.78 is 0. The second kappa shape index (κ2) is 6.30. The highest BCUT2D eigenvalue weighted by atomic mass is 14.5. The molecule has 0 aliphatic rings. The smallest absolute Gasteiger partial charge is 0.0320 e. The first-order valence-corrected chi connectivity index (χ1v) is 9.08. The van der Waals surface area contributed by atoms with Crippen LogP contribution >= 0.6 is 0 Å². The molecule has 27 heavy (non-hydrogen) atoms. The molecule has 5 aromatic rings. The minimum Gasteiger partial charge on any atom is -0.399 e. The number of nitrogens with two attached hydrogens (primary N) is 1. The fourth-order valence-electron chi connectivity index (χ4n) is 3.79. The fourth-order valence-corrected chi connectivity index (χ4v) is 3.79. The van der Waals surface area contributed by atoms with E-state index in [2.05, 4.69) is 84.9 Å². The largest absolute Gasteiger partial charge is 0.399 e. The molecule has 0 saturated carbocycles. The van der Waals surface area contributed by atoms with Gasteiger partial charge in [0.2, 0.25) is 0 Å². The van der Waals surface area contributed by atoms with Gasteiger partial charge in [0.15, 0.2) is 0 Å². The van der Waals surface area contributed by atoms with Crippen molar-refractivity contribution >= 4 is 27.2 Å². The maximum atomic E-state index is 6.05. The molecule has 0 aromatic heterocycles. The Morgan fingerprint density at radius 1 is 0.630 bits per heavy atom. The third-order valence-electron chi connectivity index (χ3n) is 5.08. The predicted octanol–water partition coefficient (Wildman–Crippen LogP) is 6.71. The van der Waals surface area contributed by atoms with Crippen LogP contribution in [-0.4, -0.2) is 0 Å². The molecule has 5 aromatic carbocycles. The summed E-state index contributed by atoms with van der Waals surface area (Å²) in [5, 5.41) is 4.96. The van der Waals surface area contributed by atoms with E-state index < -0.39 is 0 Å². The van der Waals surface area contributed by atoms with Crippen molar-refractivity contribution in [3.8, 4) is 22.3 Å². The minimum absolute atomic E-state index is 0.751. The maximum absolute atomic E-state index is 6.05. The standard InChI is InChI=1S/C26H18N/c27-23-10-5-9-21(17-23)25-15-14-19-7-3-4-11-24(19)26(25)22-13-12-18-6-1-2-8-20(18)16-22/h1-8,10-17H,27H2. The van der Waals surface area contributed by atoms with Crippen LogP contribution in [0.5, 0.6) is 0 Å². The van der Waals surface area contributed by atoms with E-state index >= 15 is 0 Å². The van der Waals surface area contributed by atoms with Crippen molar-refractivity contribution in [2.75, 3.05) is 5.73 Å². The normalized spacial score (nSPS) is 11.1. The topological polar surface area (TPSA) is 26.0 Å². The van der Waals surface area contributed by atoms with Crippen LogP contribution in [0.15, 0.2) is 97.1 Å². The molecule has 0 spiro atoms. The quantitative estimate of drug-likeness (QED) is 0.354. The highest BCUT2D eigenvalue weighted by Crippen LogP contribution is 2.39. The third kappa shape index (κ3) is 2.74. The summed E-state index contributed by atoms with van der Waals surface area (Å²) in [7, 11) is 0. The number of benzene rings is 5. The lowest BCUT2D eigenvalue weighted by molar-refractivity contribution is 1.60. The summed E-state index contributed by atoms with van der Waals surface area (Å²) in [5.74, 6) is 0. The first-order valence-electron chi connectivity index (χ1n) is 9.08. The van der Waals surface area contributed by atoms with Gasteiger partial charge >= 0.3 is 0 Å². The monoisotopic (exact) mass is 344 g/mol. The van der Waals surface area contributed by atoms with E-state index in [9.17, 15) is 0 Å². The Labute approximate surface area is 158 Å². The average Bonchev–Trinajstić information content (AvgIpc) is 2.72. The van der Waals surface area contributed by atoms with Gasteiger partial charge in [-0.25, -0.2) is 0 Å². The van der Waals surface area contributed by atoms with E-state index in [4.69, 9.17) is 5.73 Å². The summed E-state index contributed by atoms with van der Waals surface area (Å²) in [6.45, 7) is 0. The van der Waals surface area contributed by atoms with Crippen molar-refractivity contribution in [2.24, 2.45) is 0 Å². The number of fused-ring (bicyclic) bond motifs is 2. The molecule has 0 unspecified atom stereocenters. The third-order valence-corrected chi connectivity index (χ3v) is 5.08. The van der Waals surface area contributed by atoms with E-state index in [1.54, 1.807) is 0 Å². The lowest BCUT2D eigenvalue weighted by atomic mass is 9.89. The van der Waals surface area contributed by atoms with Gasteiger partial charge in [-0.3, -0.25) is 0 Å². The van der Waals surface area contributed by atoms with Crippen molar-refractivity contribution in [2.45, 2.75) is 0 Å². The minimum atomic E-state index is 0.751. The van der Waals surface area contributed by atoms with Gasteiger partial charge < -0.3 is 5.73 Å². The lowest BCUT2D eigenvalue weighted by Gasteiger charge is -2.15. The number of hydrogen-bond acceptors (Lipinski definition) is 1. The van der Waals surface area contributed by atoms with E-state index in [-0.39, 0.29) is 0 Å². The number of rotatable bonds is 2. The molecule has 0 aliphatic carbocycles. The zero-order valence-electron chi connectivity index (χ0n) is 14.8. The molecule has 0 saturated heterocycles. The molecule has 0 aliphatic heterocycles. The first kappa shape index (κ1) is 15.7. The Balaban J connectivity index is 1.86. The van der Waals surface area contributed by atoms with Gasteiger partial charge in [0.25, 0.3) is 0 Å². The van der Waals surface area contributed by atoms with E-state index in [1.165, 1.54) is 32.7 Å². The highest BCUT2D eigenvalue weighted by Gasteiger charge is 2.12. The summed E-state index contributed by atoms with van der Waals surface area (Å²) in [6, 6.07) is 37.1. The van der Waals surface area contributed by atoms with Crippen molar-refractivity contribution < 1.29 is 0 Å². The average molecular weight is 344 g/mol. The Bertz CT molecular complexity index is 1280. The molecule has 0 heterocycles. The number of hydrogen-bond donors (Lipinski definition) is 1. The number of anilines is 1. The second-order valence-electron chi connectivity index (χ2n) is 6.81. The molecule has 0 amide bonds. The van der Waals surface area contributed by atoms with Gasteiger partial charge in [0.1, 0.15) is 0 Å². The van der Waals surface area contributed by atoms with E-state index in [1.807, 2.05) is 18.2 Å². The van der Waals surface area contributed by atoms with Crippen molar-refractivity contribution in [1.82, 2.24) is 0 Å². The summed E-state index contributed by atoms with van der Waals surface area (Å²) >= 11 is 0. The zero-order chi connectivity index (χ0) is 18.2. The first-order chi connectivity index (χ1) is 13.3. The van der Waals surface area contributed by atoms with Crippen LogP contribution in [-0.2, 0) is 0 Å². The maximum Gasteiger partial charge on any atom is 0.0320 e. The van der Waals surface area contributed by atoms with Crippen molar-refractivity contribution in [1.29, 1.82) is 0 Å². The lowest BCUT2D eigenvalue weighted by Crippen LogP contribution is -1.90. The van der Waals surface area contributed by atoms with Crippen molar-refractivity contribution in [3.05, 3.63) is 103 Å². The molecular formula is C26H18N. The van der Waals surface area contributed by atoms with Crippen LogP contribution in [0, 0.1) is 6.07 Å². The van der Waals surface area contributed by atoms with Crippen LogP contribution in [0.2, 0.25) is 0 Å². The van der Waals surface area contributed by atoms with Gasteiger partial charge in [0.05, 0.1) is 0 Å². The van der Waals surface area contributed by atoms with E-state index in [0.717, 1.165) is 16.8 Å². The fraction of sp³-hybridized carbons (Fsp3) is 0. The SMILES string of the molecule is Nc1cc[c]c(-c2ccc3ccccc3c2-c2ccc3ccccc3c2)c1. The van der Waals surface area contributed by atoms with Gasteiger partial charge in [-0.05, 0) is 68.1 Å². The Morgan fingerprint density at radius 3 is 2.22 bits per heavy atom. The van der Waals surface area contributed by atoms with Gasteiger partial charge in [0, 0.05) is 5.69 Å². The molecule has 0 fully saturated rings. The van der Waals surface area contributed by atoms with E-state index in [0.29, 0.717) is 0 Å². The molecule has 0 bridgehead atoms. The van der Waals surface area contributed by atoms with Crippen molar-refractivity contribution in [3.63, 3.8) is 0 Å². The van der Waals surface area contributed by atoms with Crippen LogP contribution < -0.4 is 5.73 Å². The number of nitrogen functional groups attached to an aromatic ring is 1. The molecule has 1 nitrogen and oxygen atoms in total. The summed E-state index contributed by atoms with van der Waals surface area (Å²) in [6.07, 6.45) is 0. The van der Waals surface area contributed by atoms with Gasteiger partial charge in [-0.1, -0.05) is 78.9 Å². The van der Waals surface area contributed by atoms with Crippen LogP contribution in [0.25, 0.3) is 43.8 Å². The predicted molar refractivity (Wildman–Crippen MR) is 116 cm³/mol. The molecule has 5 rings (SSSR count). The summed E-state index contributed by atoms with van der Waals surface area (Å²) in [4.78, 5) is 0. The zero-order valence-corrected chi connectivity index (χ0v) is 14.8.